The predicted molar refractivity (Wildman–Crippen MR) is 104 cm³/mol. The van der Waals surface area contributed by atoms with Crippen LogP contribution in [0.25, 0.3) is 6.08 Å². The average Bonchev–Trinajstić information content (AvgIpc) is 3.49. The second-order valence-corrected chi connectivity index (χ2v) is 6.89. The number of carbonyl (C=O) groups is 1. The quantitative estimate of drug-likeness (QED) is 0.620. The van der Waals surface area contributed by atoms with Crippen molar-refractivity contribution in [3.8, 4) is 17.2 Å². The van der Waals surface area contributed by atoms with Gasteiger partial charge in [-0.2, -0.15) is 0 Å². The molecule has 0 radical (unpaired) electrons. The van der Waals surface area contributed by atoms with E-state index in [1.165, 1.54) is 0 Å². The van der Waals surface area contributed by atoms with Crippen molar-refractivity contribution in [2.45, 2.75) is 52.1 Å². The molecule has 0 aliphatic heterocycles. The highest BCUT2D eigenvalue weighted by Crippen LogP contribution is 2.38. The molecule has 1 fully saturated rings. The number of rotatable bonds is 9. The van der Waals surface area contributed by atoms with Gasteiger partial charge in [0.2, 0.25) is 11.7 Å². The molecule has 2 atom stereocenters. The number of benzene rings is 1. The van der Waals surface area contributed by atoms with Gasteiger partial charge in [0.1, 0.15) is 0 Å². The summed E-state index contributed by atoms with van der Waals surface area (Å²) in [7, 11) is 4.74. The molecule has 0 heterocycles. The van der Waals surface area contributed by atoms with Crippen molar-refractivity contribution < 1.29 is 19.0 Å². The van der Waals surface area contributed by atoms with E-state index in [-0.39, 0.29) is 11.9 Å². The van der Waals surface area contributed by atoms with Crippen molar-refractivity contribution in [2.75, 3.05) is 21.3 Å². The van der Waals surface area contributed by atoms with E-state index in [0.29, 0.717) is 29.2 Å². The maximum atomic E-state index is 12.8. The van der Waals surface area contributed by atoms with Gasteiger partial charge in [0.25, 0.3) is 0 Å². The maximum Gasteiger partial charge on any atom is 0.247 e. The minimum absolute atomic E-state index is 0.0639. The molecule has 0 spiro atoms. The molecule has 5 nitrogen and oxygen atoms in total. The summed E-state index contributed by atoms with van der Waals surface area (Å²) in [5, 5.41) is 0. The second-order valence-electron chi connectivity index (χ2n) is 6.89. The van der Waals surface area contributed by atoms with Gasteiger partial charge in [-0.1, -0.05) is 20.3 Å². The number of amides is 1. The SMILES string of the molecule is CCC(C)C(C)N(C(=O)C=Cc1cc(OC)c(OC)c(OC)c1)C1CC1. The van der Waals surface area contributed by atoms with Gasteiger partial charge in [0, 0.05) is 18.2 Å². The van der Waals surface area contributed by atoms with Crippen LogP contribution in [0.4, 0.5) is 0 Å². The first-order valence-electron chi connectivity index (χ1n) is 9.27. The Bertz CT molecular complexity index is 626. The minimum atomic E-state index is 0.0639. The topological polar surface area (TPSA) is 48.0 Å². The Kier molecular flexibility index (Phi) is 6.95. The molecule has 1 aliphatic carbocycles. The van der Waals surface area contributed by atoms with Crippen LogP contribution in [0.3, 0.4) is 0 Å². The van der Waals surface area contributed by atoms with Crippen LogP contribution in [0, 0.1) is 5.92 Å². The van der Waals surface area contributed by atoms with Crippen LogP contribution in [0.15, 0.2) is 18.2 Å². The summed E-state index contributed by atoms with van der Waals surface area (Å²) >= 11 is 0. The summed E-state index contributed by atoms with van der Waals surface area (Å²) in [5.74, 6) is 2.24. The van der Waals surface area contributed by atoms with Crippen LogP contribution in [0.5, 0.6) is 17.2 Å². The van der Waals surface area contributed by atoms with Crippen molar-refractivity contribution in [3.63, 3.8) is 0 Å². The smallest absolute Gasteiger partial charge is 0.247 e. The highest BCUT2D eigenvalue weighted by atomic mass is 16.5. The van der Waals surface area contributed by atoms with Crippen molar-refractivity contribution in [1.82, 2.24) is 4.90 Å². The summed E-state index contributed by atoms with van der Waals surface area (Å²) in [5.41, 5.74) is 0.833. The van der Waals surface area contributed by atoms with Gasteiger partial charge < -0.3 is 19.1 Å². The predicted octanol–water partition coefficient (Wildman–Crippen LogP) is 4.15. The van der Waals surface area contributed by atoms with Crippen LogP contribution in [-0.4, -0.2) is 44.2 Å². The van der Waals surface area contributed by atoms with Crippen molar-refractivity contribution in [1.29, 1.82) is 0 Å². The first kappa shape index (κ1) is 20.1. The van der Waals surface area contributed by atoms with Crippen molar-refractivity contribution >= 4 is 12.0 Å². The van der Waals surface area contributed by atoms with Crippen LogP contribution in [0.2, 0.25) is 0 Å². The van der Waals surface area contributed by atoms with Gasteiger partial charge in [-0.15, -0.1) is 0 Å². The van der Waals surface area contributed by atoms with E-state index in [4.69, 9.17) is 14.2 Å². The number of hydrogen-bond donors (Lipinski definition) is 0. The van der Waals surface area contributed by atoms with Gasteiger partial charge in [-0.05, 0) is 49.5 Å². The third-order valence-electron chi connectivity index (χ3n) is 5.21. The molecule has 0 N–H and O–H groups in total. The first-order chi connectivity index (χ1) is 12.5. The summed E-state index contributed by atoms with van der Waals surface area (Å²) in [4.78, 5) is 14.9. The standard InChI is InChI=1S/C21H31NO4/c1-7-14(2)15(3)22(17-9-10-17)20(23)11-8-16-12-18(24-4)21(26-6)19(13-16)25-5/h8,11-15,17H,7,9-10H2,1-6H3. The molecule has 1 amide bonds. The lowest BCUT2D eigenvalue weighted by molar-refractivity contribution is -0.129. The molecule has 2 unspecified atom stereocenters. The summed E-state index contributed by atoms with van der Waals surface area (Å²) < 4.78 is 16.1. The molecule has 0 aromatic heterocycles. The second kappa shape index (κ2) is 8.97. The fourth-order valence-electron chi connectivity index (χ4n) is 3.13. The number of nitrogens with zero attached hydrogens (tertiary/aromatic N) is 1. The van der Waals surface area contributed by atoms with Gasteiger partial charge >= 0.3 is 0 Å². The van der Waals surface area contributed by atoms with Gasteiger partial charge in [-0.25, -0.2) is 0 Å². The molecule has 2 rings (SSSR count). The number of carbonyl (C=O) groups excluding carboxylic acids is 1. The fraction of sp³-hybridized carbons (Fsp3) is 0.571. The Morgan fingerprint density at radius 3 is 2.15 bits per heavy atom. The lowest BCUT2D eigenvalue weighted by atomic mass is 9.99. The van der Waals surface area contributed by atoms with Crippen LogP contribution in [0.1, 0.15) is 45.6 Å². The van der Waals surface area contributed by atoms with Crippen molar-refractivity contribution in [3.05, 3.63) is 23.8 Å². The van der Waals surface area contributed by atoms with E-state index >= 15 is 0 Å². The van der Waals surface area contributed by atoms with E-state index in [0.717, 1.165) is 24.8 Å². The van der Waals surface area contributed by atoms with Gasteiger partial charge in [0.15, 0.2) is 11.5 Å². The molecular weight excluding hydrogens is 330 g/mol. The zero-order chi connectivity index (χ0) is 19.3. The molecule has 144 valence electrons. The minimum Gasteiger partial charge on any atom is -0.493 e. The monoisotopic (exact) mass is 361 g/mol. The van der Waals surface area contributed by atoms with Crippen LogP contribution < -0.4 is 14.2 Å². The Morgan fingerprint density at radius 2 is 1.73 bits per heavy atom. The zero-order valence-corrected chi connectivity index (χ0v) is 16.7. The molecule has 1 aliphatic rings. The third kappa shape index (κ3) is 4.51. The highest BCUT2D eigenvalue weighted by molar-refractivity contribution is 5.92. The van der Waals surface area contributed by atoms with Gasteiger partial charge in [-0.3, -0.25) is 4.79 Å². The van der Waals surface area contributed by atoms with Crippen LogP contribution in [-0.2, 0) is 4.79 Å². The molecule has 1 aromatic carbocycles. The largest absolute Gasteiger partial charge is 0.493 e. The highest BCUT2D eigenvalue weighted by Gasteiger charge is 2.36. The van der Waals surface area contributed by atoms with E-state index in [1.54, 1.807) is 27.4 Å². The molecule has 26 heavy (non-hydrogen) atoms. The number of ether oxygens (including phenoxy) is 3. The van der Waals surface area contributed by atoms with E-state index in [1.807, 2.05) is 23.1 Å². The molecule has 5 heteroatoms. The van der Waals surface area contributed by atoms with E-state index < -0.39 is 0 Å². The average molecular weight is 361 g/mol. The lowest BCUT2D eigenvalue weighted by Crippen LogP contribution is -2.42. The Hall–Kier alpha value is -2.17. The van der Waals surface area contributed by atoms with Crippen molar-refractivity contribution in [2.24, 2.45) is 5.92 Å². The molecular formula is C21H31NO4. The fourth-order valence-corrected chi connectivity index (χ4v) is 3.13. The number of methoxy groups -OCH3 is 3. The Morgan fingerprint density at radius 1 is 1.15 bits per heavy atom. The maximum absolute atomic E-state index is 12.8. The van der Waals surface area contributed by atoms with E-state index in [2.05, 4.69) is 20.8 Å². The molecule has 1 aromatic rings. The number of hydrogen-bond acceptors (Lipinski definition) is 4. The first-order valence-corrected chi connectivity index (χ1v) is 9.27. The molecule has 1 saturated carbocycles. The summed E-state index contributed by atoms with van der Waals surface area (Å²) in [6, 6.07) is 4.30. The molecule has 0 saturated heterocycles. The zero-order valence-electron chi connectivity index (χ0n) is 16.7. The summed E-state index contributed by atoms with van der Waals surface area (Å²) in [6.07, 6.45) is 6.73. The van der Waals surface area contributed by atoms with E-state index in [9.17, 15) is 4.79 Å². The van der Waals surface area contributed by atoms with Gasteiger partial charge in [0.05, 0.1) is 21.3 Å². The Balaban J connectivity index is 2.23. The normalized spacial score (nSPS) is 16.2. The third-order valence-corrected chi connectivity index (χ3v) is 5.21. The lowest BCUT2D eigenvalue weighted by Gasteiger charge is -2.32. The molecule has 0 bridgehead atoms. The summed E-state index contributed by atoms with van der Waals surface area (Å²) in [6.45, 7) is 6.52. The Labute approximate surface area is 156 Å². The van der Waals surface area contributed by atoms with Crippen LogP contribution >= 0.6 is 0 Å².